The van der Waals surface area contributed by atoms with Crippen molar-refractivity contribution in [3.63, 3.8) is 0 Å². The zero-order valence-corrected chi connectivity index (χ0v) is 15.7. The summed E-state index contributed by atoms with van der Waals surface area (Å²) in [7, 11) is 0. The summed E-state index contributed by atoms with van der Waals surface area (Å²) in [4.78, 5) is 20.5. The van der Waals surface area contributed by atoms with Gasteiger partial charge in [-0.05, 0) is 50.9 Å². The quantitative estimate of drug-likeness (QED) is 0.828. The van der Waals surface area contributed by atoms with Crippen LogP contribution in [0.15, 0.2) is 6.33 Å². The highest BCUT2D eigenvalue weighted by Crippen LogP contribution is 2.38. The lowest BCUT2D eigenvalue weighted by molar-refractivity contribution is -0.142. The maximum Gasteiger partial charge on any atom is 0.310 e. The average Bonchev–Trinajstić information content (AvgIpc) is 2.51. The van der Waals surface area contributed by atoms with E-state index in [2.05, 4.69) is 36.1 Å². The minimum atomic E-state index is -0.227. The Balaban J connectivity index is 2.03. The summed E-state index contributed by atoms with van der Waals surface area (Å²) in [6.45, 7) is 11.1. The normalized spacial score (nSPS) is 21.4. The lowest BCUT2D eigenvalue weighted by Crippen LogP contribution is -2.32. The fourth-order valence-corrected chi connectivity index (χ4v) is 3.49. The number of aryl methyl sites for hydroxylation is 1. The molecule has 1 aromatic rings. The monoisotopic (exact) mass is 333 g/mol. The predicted octanol–water partition coefficient (Wildman–Crippen LogP) is 3.91. The molecule has 1 heterocycles. The Kier molecular flexibility index (Phi) is 6.19. The summed E-state index contributed by atoms with van der Waals surface area (Å²) in [6, 6.07) is 0.416. The van der Waals surface area contributed by atoms with E-state index in [1.165, 1.54) is 12.8 Å². The van der Waals surface area contributed by atoms with Crippen molar-refractivity contribution in [1.82, 2.24) is 9.97 Å². The first-order chi connectivity index (χ1) is 11.3. The summed E-state index contributed by atoms with van der Waals surface area (Å²) in [5.74, 6) is 1.34. The molecular weight excluding hydrogens is 302 g/mol. The molecule has 1 aliphatic rings. The first-order valence-electron chi connectivity index (χ1n) is 9.04. The van der Waals surface area contributed by atoms with Crippen molar-refractivity contribution in [3.8, 4) is 0 Å². The molecule has 1 aliphatic carbocycles. The molecule has 0 bridgehead atoms. The Hall–Kier alpha value is -1.65. The molecule has 5 nitrogen and oxygen atoms in total. The van der Waals surface area contributed by atoms with Crippen LogP contribution in [0.25, 0.3) is 0 Å². The van der Waals surface area contributed by atoms with Gasteiger partial charge in [0, 0.05) is 17.3 Å². The standard InChI is InChI=1S/C19H31N3O2/c1-6-24-17(23)11-16-13(2)20-12-21-18(16)22-15-9-7-14(8-10-15)19(3,4)5/h12,14-15H,6-11H2,1-5H3,(H,20,21,22). The number of nitrogens with one attached hydrogen (secondary N) is 1. The van der Waals surface area contributed by atoms with Crippen molar-refractivity contribution >= 4 is 11.8 Å². The minimum absolute atomic E-state index is 0.222. The zero-order valence-electron chi connectivity index (χ0n) is 15.7. The van der Waals surface area contributed by atoms with Crippen LogP contribution >= 0.6 is 0 Å². The van der Waals surface area contributed by atoms with Gasteiger partial charge in [0.1, 0.15) is 12.1 Å². The van der Waals surface area contributed by atoms with Crippen LogP contribution in [-0.2, 0) is 16.0 Å². The number of esters is 1. The predicted molar refractivity (Wildman–Crippen MR) is 95.9 cm³/mol. The van der Waals surface area contributed by atoms with Gasteiger partial charge in [-0.1, -0.05) is 20.8 Å². The van der Waals surface area contributed by atoms with Crippen molar-refractivity contribution in [1.29, 1.82) is 0 Å². The zero-order chi connectivity index (χ0) is 17.7. The van der Waals surface area contributed by atoms with Crippen molar-refractivity contribution in [2.45, 2.75) is 72.8 Å². The average molecular weight is 333 g/mol. The molecule has 0 atom stereocenters. The highest BCUT2D eigenvalue weighted by atomic mass is 16.5. The van der Waals surface area contributed by atoms with E-state index in [0.717, 1.165) is 35.8 Å². The third kappa shape index (κ3) is 4.92. The number of ether oxygens (including phenoxy) is 1. The number of aromatic nitrogens is 2. The third-order valence-electron chi connectivity index (χ3n) is 5.08. The Morgan fingerprint density at radius 3 is 2.50 bits per heavy atom. The molecule has 0 aliphatic heterocycles. The smallest absolute Gasteiger partial charge is 0.310 e. The van der Waals surface area contributed by atoms with Gasteiger partial charge in [-0.15, -0.1) is 0 Å². The van der Waals surface area contributed by atoms with Crippen LogP contribution in [0.2, 0.25) is 0 Å². The van der Waals surface area contributed by atoms with E-state index >= 15 is 0 Å². The largest absolute Gasteiger partial charge is 0.466 e. The molecule has 24 heavy (non-hydrogen) atoms. The molecule has 0 unspecified atom stereocenters. The second kappa shape index (κ2) is 7.95. The molecule has 5 heteroatoms. The second-order valence-electron chi connectivity index (χ2n) is 7.83. The number of anilines is 1. The molecule has 1 fully saturated rings. The lowest BCUT2D eigenvalue weighted by Gasteiger charge is -2.37. The van der Waals surface area contributed by atoms with Gasteiger partial charge >= 0.3 is 5.97 Å². The highest BCUT2D eigenvalue weighted by molar-refractivity contribution is 5.75. The number of hydrogen-bond donors (Lipinski definition) is 1. The maximum absolute atomic E-state index is 11.9. The number of carbonyl (C=O) groups excluding carboxylic acids is 1. The van der Waals surface area contributed by atoms with E-state index in [4.69, 9.17) is 4.74 Å². The Morgan fingerprint density at radius 1 is 1.25 bits per heavy atom. The molecule has 1 aromatic heterocycles. The summed E-state index contributed by atoms with van der Waals surface area (Å²) in [5, 5.41) is 3.55. The second-order valence-corrected chi connectivity index (χ2v) is 7.83. The van der Waals surface area contributed by atoms with Gasteiger partial charge < -0.3 is 10.1 Å². The van der Waals surface area contributed by atoms with Crippen LogP contribution < -0.4 is 5.32 Å². The minimum Gasteiger partial charge on any atom is -0.466 e. The fourth-order valence-electron chi connectivity index (χ4n) is 3.49. The fraction of sp³-hybridized carbons (Fsp3) is 0.737. The molecular formula is C19H31N3O2. The van der Waals surface area contributed by atoms with E-state index < -0.39 is 0 Å². The van der Waals surface area contributed by atoms with Crippen LogP contribution in [0.4, 0.5) is 5.82 Å². The third-order valence-corrected chi connectivity index (χ3v) is 5.08. The van der Waals surface area contributed by atoms with E-state index in [1.54, 1.807) is 6.33 Å². The van der Waals surface area contributed by atoms with Gasteiger partial charge in [0.05, 0.1) is 13.0 Å². The van der Waals surface area contributed by atoms with E-state index in [0.29, 0.717) is 18.1 Å². The SMILES string of the molecule is CCOC(=O)Cc1c(C)ncnc1NC1CCC(C(C)(C)C)CC1. The van der Waals surface area contributed by atoms with Crippen LogP contribution in [0.1, 0.15) is 64.6 Å². The summed E-state index contributed by atoms with van der Waals surface area (Å²) in [6.07, 6.45) is 6.54. The number of carbonyl (C=O) groups is 1. The highest BCUT2D eigenvalue weighted by Gasteiger charge is 2.30. The summed E-state index contributed by atoms with van der Waals surface area (Å²) in [5.41, 5.74) is 2.07. The van der Waals surface area contributed by atoms with E-state index in [1.807, 2.05) is 13.8 Å². The number of hydrogen-bond acceptors (Lipinski definition) is 5. The van der Waals surface area contributed by atoms with Crippen LogP contribution in [-0.4, -0.2) is 28.6 Å². The topological polar surface area (TPSA) is 64.1 Å². The molecule has 0 amide bonds. The summed E-state index contributed by atoms with van der Waals surface area (Å²) < 4.78 is 5.08. The molecule has 0 spiro atoms. The lowest BCUT2D eigenvalue weighted by atomic mass is 9.71. The van der Waals surface area contributed by atoms with Gasteiger partial charge in [0.2, 0.25) is 0 Å². The number of rotatable bonds is 5. The molecule has 1 N–H and O–H groups in total. The van der Waals surface area contributed by atoms with Gasteiger partial charge in [-0.2, -0.15) is 0 Å². The van der Waals surface area contributed by atoms with Gasteiger partial charge in [-0.3, -0.25) is 4.79 Å². The Morgan fingerprint density at radius 2 is 1.92 bits per heavy atom. The van der Waals surface area contributed by atoms with Crippen molar-refractivity contribution in [3.05, 3.63) is 17.6 Å². The molecule has 0 aromatic carbocycles. The molecule has 0 radical (unpaired) electrons. The van der Waals surface area contributed by atoms with Crippen molar-refractivity contribution in [2.75, 3.05) is 11.9 Å². The first-order valence-corrected chi connectivity index (χ1v) is 9.04. The molecule has 0 saturated heterocycles. The van der Waals surface area contributed by atoms with Crippen molar-refractivity contribution < 1.29 is 9.53 Å². The molecule has 134 valence electrons. The Bertz CT molecular complexity index is 558. The molecule has 2 rings (SSSR count). The van der Waals surface area contributed by atoms with Gasteiger partial charge in [-0.25, -0.2) is 9.97 Å². The summed E-state index contributed by atoms with van der Waals surface area (Å²) >= 11 is 0. The van der Waals surface area contributed by atoms with Crippen LogP contribution in [0.3, 0.4) is 0 Å². The van der Waals surface area contributed by atoms with Crippen LogP contribution in [0.5, 0.6) is 0 Å². The van der Waals surface area contributed by atoms with Crippen LogP contribution in [0, 0.1) is 18.3 Å². The van der Waals surface area contributed by atoms with E-state index in [-0.39, 0.29) is 12.4 Å². The number of nitrogens with zero attached hydrogens (tertiary/aromatic N) is 2. The maximum atomic E-state index is 11.9. The first kappa shape index (κ1) is 18.7. The van der Waals surface area contributed by atoms with E-state index in [9.17, 15) is 4.79 Å². The molecule has 1 saturated carbocycles. The Labute approximate surface area is 145 Å². The van der Waals surface area contributed by atoms with Gasteiger partial charge in [0.25, 0.3) is 0 Å². The van der Waals surface area contributed by atoms with Gasteiger partial charge in [0.15, 0.2) is 0 Å². The van der Waals surface area contributed by atoms with Crippen molar-refractivity contribution in [2.24, 2.45) is 11.3 Å².